The van der Waals surface area contributed by atoms with Crippen molar-refractivity contribution in [2.24, 2.45) is 5.92 Å². The maximum atomic E-state index is 3.70. The van der Waals surface area contributed by atoms with Crippen molar-refractivity contribution in [1.29, 1.82) is 0 Å². The summed E-state index contributed by atoms with van der Waals surface area (Å²) in [4.78, 5) is 2.83. The second kappa shape index (κ2) is 7.49. The fourth-order valence-electron chi connectivity index (χ4n) is 4.04. The molecule has 1 heterocycles. The van der Waals surface area contributed by atoms with Crippen LogP contribution in [-0.2, 0) is 0 Å². The summed E-state index contributed by atoms with van der Waals surface area (Å²) in [5.74, 6) is 0.940. The second-order valence-corrected chi connectivity index (χ2v) is 6.39. The topological polar surface area (TPSA) is 15.3 Å². The van der Waals surface area contributed by atoms with Gasteiger partial charge in [0.25, 0.3) is 0 Å². The third kappa shape index (κ3) is 3.96. The molecule has 2 rings (SSSR count). The number of piperidine rings is 1. The largest absolute Gasteiger partial charge is 0.313 e. The van der Waals surface area contributed by atoms with Gasteiger partial charge in [-0.2, -0.15) is 0 Å². The van der Waals surface area contributed by atoms with Gasteiger partial charge in [-0.05, 0) is 38.1 Å². The molecule has 18 heavy (non-hydrogen) atoms. The third-order valence-corrected chi connectivity index (χ3v) is 4.85. The molecule has 0 aromatic heterocycles. The van der Waals surface area contributed by atoms with Gasteiger partial charge in [-0.1, -0.05) is 39.5 Å². The Labute approximate surface area is 114 Å². The summed E-state index contributed by atoms with van der Waals surface area (Å²) >= 11 is 0. The van der Waals surface area contributed by atoms with Crippen LogP contribution in [0.1, 0.15) is 65.2 Å². The molecule has 1 aliphatic heterocycles. The number of nitrogens with one attached hydrogen (secondary N) is 1. The van der Waals surface area contributed by atoms with Gasteiger partial charge >= 0.3 is 0 Å². The summed E-state index contributed by atoms with van der Waals surface area (Å²) < 4.78 is 0. The van der Waals surface area contributed by atoms with E-state index in [1.807, 2.05) is 0 Å². The van der Waals surface area contributed by atoms with Crippen molar-refractivity contribution < 1.29 is 0 Å². The fourth-order valence-corrected chi connectivity index (χ4v) is 4.04. The highest BCUT2D eigenvalue weighted by Gasteiger charge is 2.30. The highest BCUT2D eigenvalue weighted by Crippen LogP contribution is 2.28. The Balaban J connectivity index is 1.90. The van der Waals surface area contributed by atoms with Crippen LogP contribution in [0.2, 0.25) is 0 Å². The Hall–Kier alpha value is -0.0800. The van der Waals surface area contributed by atoms with Gasteiger partial charge < -0.3 is 5.32 Å². The first-order chi connectivity index (χ1) is 8.83. The van der Waals surface area contributed by atoms with Gasteiger partial charge in [-0.15, -0.1) is 0 Å². The first-order valence-corrected chi connectivity index (χ1v) is 8.30. The van der Waals surface area contributed by atoms with E-state index in [-0.39, 0.29) is 0 Å². The van der Waals surface area contributed by atoms with Crippen molar-refractivity contribution in [3.63, 3.8) is 0 Å². The molecule has 2 aliphatic rings. The molecule has 0 radical (unpaired) electrons. The zero-order valence-corrected chi connectivity index (χ0v) is 12.5. The first kappa shape index (κ1) is 14.3. The molecule has 2 nitrogen and oxygen atoms in total. The normalized spacial score (nSPS) is 31.7. The van der Waals surface area contributed by atoms with Gasteiger partial charge in [0.05, 0.1) is 0 Å². The van der Waals surface area contributed by atoms with Crippen LogP contribution in [0.25, 0.3) is 0 Å². The van der Waals surface area contributed by atoms with E-state index in [1.165, 1.54) is 64.5 Å². The van der Waals surface area contributed by atoms with E-state index in [2.05, 4.69) is 24.1 Å². The van der Waals surface area contributed by atoms with Gasteiger partial charge in [0, 0.05) is 25.2 Å². The van der Waals surface area contributed by atoms with Gasteiger partial charge in [0.15, 0.2) is 0 Å². The minimum Gasteiger partial charge on any atom is -0.313 e. The molecule has 2 unspecified atom stereocenters. The maximum absolute atomic E-state index is 3.70. The second-order valence-electron chi connectivity index (χ2n) is 6.39. The Kier molecular flexibility index (Phi) is 5.97. The molecule has 0 aromatic carbocycles. The molecule has 0 spiro atoms. The smallest absolute Gasteiger partial charge is 0.0198 e. The predicted octanol–water partition coefficient (Wildman–Crippen LogP) is 3.42. The Morgan fingerprint density at radius 3 is 2.50 bits per heavy atom. The van der Waals surface area contributed by atoms with Crippen LogP contribution in [-0.4, -0.2) is 36.6 Å². The van der Waals surface area contributed by atoms with Crippen molar-refractivity contribution in [2.75, 3.05) is 19.6 Å². The van der Waals surface area contributed by atoms with Crippen LogP contribution < -0.4 is 5.32 Å². The van der Waals surface area contributed by atoms with Gasteiger partial charge in [-0.3, -0.25) is 4.90 Å². The summed E-state index contributed by atoms with van der Waals surface area (Å²) in [5, 5.41) is 3.70. The molecule has 1 saturated carbocycles. The van der Waals surface area contributed by atoms with E-state index in [0.717, 1.165) is 24.5 Å². The average molecular weight is 252 g/mol. The van der Waals surface area contributed by atoms with Crippen LogP contribution in [0.3, 0.4) is 0 Å². The molecule has 2 heteroatoms. The van der Waals surface area contributed by atoms with Gasteiger partial charge in [0.1, 0.15) is 0 Å². The standard InChI is InChI=1S/C16H32N2/c1-3-8-14-11-15(17-4-2)13-18(12-14)16-9-6-5-7-10-16/h14-17H,3-13H2,1-2H3. The molecule has 0 bridgehead atoms. The van der Waals surface area contributed by atoms with Crippen LogP contribution in [0, 0.1) is 5.92 Å². The summed E-state index contributed by atoms with van der Waals surface area (Å²) in [7, 11) is 0. The van der Waals surface area contributed by atoms with Crippen molar-refractivity contribution in [2.45, 2.75) is 77.3 Å². The summed E-state index contributed by atoms with van der Waals surface area (Å²) in [6, 6.07) is 1.65. The molecule has 1 saturated heterocycles. The van der Waals surface area contributed by atoms with E-state index < -0.39 is 0 Å². The quantitative estimate of drug-likeness (QED) is 0.806. The number of hydrogen-bond donors (Lipinski definition) is 1. The summed E-state index contributed by atoms with van der Waals surface area (Å²) in [5.41, 5.74) is 0. The van der Waals surface area contributed by atoms with Crippen LogP contribution in [0.5, 0.6) is 0 Å². The first-order valence-electron chi connectivity index (χ1n) is 8.30. The van der Waals surface area contributed by atoms with Crippen LogP contribution >= 0.6 is 0 Å². The van der Waals surface area contributed by atoms with Crippen molar-refractivity contribution >= 4 is 0 Å². The lowest BCUT2D eigenvalue weighted by atomic mass is 9.86. The minimum absolute atomic E-state index is 0.752. The molecule has 1 N–H and O–H groups in total. The number of rotatable bonds is 5. The molecule has 0 aromatic rings. The lowest BCUT2D eigenvalue weighted by Crippen LogP contribution is -2.53. The third-order valence-electron chi connectivity index (χ3n) is 4.85. The number of likely N-dealkylation sites (tertiary alicyclic amines) is 1. The van der Waals surface area contributed by atoms with E-state index in [0.29, 0.717) is 0 Å². The van der Waals surface area contributed by atoms with Gasteiger partial charge in [-0.25, -0.2) is 0 Å². The molecular weight excluding hydrogens is 220 g/mol. The Bertz CT molecular complexity index is 209. The summed E-state index contributed by atoms with van der Waals surface area (Å²) in [6.45, 7) is 8.39. The van der Waals surface area contributed by atoms with Gasteiger partial charge in [0.2, 0.25) is 0 Å². The molecule has 2 fully saturated rings. The number of hydrogen-bond acceptors (Lipinski definition) is 2. The molecule has 2 atom stereocenters. The Morgan fingerprint density at radius 2 is 1.83 bits per heavy atom. The zero-order chi connectivity index (χ0) is 12.8. The van der Waals surface area contributed by atoms with Crippen LogP contribution in [0.15, 0.2) is 0 Å². The Morgan fingerprint density at radius 1 is 1.06 bits per heavy atom. The zero-order valence-electron chi connectivity index (χ0n) is 12.5. The highest BCUT2D eigenvalue weighted by molar-refractivity contribution is 4.87. The lowest BCUT2D eigenvalue weighted by molar-refractivity contribution is 0.0749. The highest BCUT2D eigenvalue weighted by atomic mass is 15.2. The number of likely N-dealkylation sites (N-methyl/N-ethyl adjacent to an activating group) is 1. The SMILES string of the molecule is CCCC1CC(NCC)CN(C2CCCCC2)C1. The van der Waals surface area contributed by atoms with E-state index in [9.17, 15) is 0 Å². The molecule has 0 amide bonds. The molecule has 106 valence electrons. The monoisotopic (exact) mass is 252 g/mol. The van der Waals surface area contributed by atoms with Crippen molar-refractivity contribution in [3.05, 3.63) is 0 Å². The molecular formula is C16H32N2. The van der Waals surface area contributed by atoms with Crippen molar-refractivity contribution in [3.8, 4) is 0 Å². The van der Waals surface area contributed by atoms with Crippen molar-refractivity contribution in [1.82, 2.24) is 10.2 Å². The molecule has 1 aliphatic carbocycles. The number of nitrogens with zero attached hydrogens (tertiary/aromatic N) is 1. The minimum atomic E-state index is 0.752. The average Bonchev–Trinajstić information content (AvgIpc) is 2.40. The van der Waals surface area contributed by atoms with E-state index in [1.54, 1.807) is 0 Å². The van der Waals surface area contributed by atoms with Crippen LogP contribution in [0.4, 0.5) is 0 Å². The summed E-state index contributed by atoms with van der Waals surface area (Å²) in [6.07, 6.45) is 11.5. The lowest BCUT2D eigenvalue weighted by Gasteiger charge is -2.43. The maximum Gasteiger partial charge on any atom is 0.0198 e. The van der Waals surface area contributed by atoms with E-state index >= 15 is 0 Å². The van der Waals surface area contributed by atoms with E-state index in [4.69, 9.17) is 0 Å². The fraction of sp³-hybridized carbons (Fsp3) is 1.00. The predicted molar refractivity (Wildman–Crippen MR) is 78.9 cm³/mol.